The van der Waals surface area contributed by atoms with Crippen molar-refractivity contribution in [3.05, 3.63) is 28.2 Å². The Morgan fingerprint density at radius 1 is 1.11 bits per heavy atom. The number of nitrogens with zero attached hydrogens (tertiary/aromatic N) is 2. The molecule has 0 unspecified atom stereocenters. The van der Waals surface area contributed by atoms with E-state index in [1.165, 1.54) is 17.7 Å². The van der Waals surface area contributed by atoms with Crippen LogP contribution < -0.4 is 4.90 Å². The van der Waals surface area contributed by atoms with E-state index in [1.807, 2.05) is 0 Å². The third-order valence-electron chi connectivity index (χ3n) is 2.84. The smallest absolute Gasteiger partial charge is 0.0408 e. The van der Waals surface area contributed by atoms with E-state index in [2.05, 4.69) is 80.9 Å². The maximum atomic E-state index is 3.58. The fraction of sp³-hybridized carbons (Fsp3) is 0.571. The number of hydrogen-bond donors (Lipinski definition) is 0. The Balaban J connectivity index is 2.89. The average Bonchev–Trinajstić information content (AvgIpc) is 2.34. The summed E-state index contributed by atoms with van der Waals surface area (Å²) in [5.74, 6) is 0. The lowest BCUT2D eigenvalue weighted by Gasteiger charge is -2.28. The Bertz CT molecular complexity index is 367. The number of benzene rings is 1. The van der Waals surface area contributed by atoms with Gasteiger partial charge >= 0.3 is 0 Å². The molecule has 1 aromatic rings. The molecule has 0 spiro atoms. The molecule has 0 aliphatic rings. The minimum Gasteiger partial charge on any atom is -0.370 e. The van der Waals surface area contributed by atoms with Gasteiger partial charge in [0.2, 0.25) is 0 Å². The number of likely N-dealkylation sites (N-methyl/N-ethyl adjacent to an activating group) is 1. The van der Waals surface area contributed by atoms with Gasteiger partial charge in [0.05, 0.1) is 0 Å². The number of anilines is 1. The molecule has 0 aliphatic carbocycles. The molecular weight excluding hydrogens is 356 g/mol. The summed E-state index contributed by atoms with van der Waals surface area (Å²) in [5.41, 5.74) is 2.69. The zero-order valence-corrected chi connectivity index (χ0v) is 14.6. The summed E-state index contributed by atoms with van der Waals surface area (Å²) in [6, 6.07) is 6.54. The standard InChI is InChI=1S/C14H22Br2N2/c1-4-7-18(9-8-17(2)3)14-6-5-13(16)10-12(14)11-15/h5-6,10H,4,7-9,11H2,1-3H3. The molecule has 0 saturated carbocycles. The van der Waals surface area contributed by atoms with Gasteiger partial charge in [0, 0.05) is 35.1 Å². The molecule has 2 nitrogen and oxygen atoms in total. The number of hydrogen-bond acceptors (Lipinski definition) is 2. The SMILES string of the molecule is CCCN(CCN(C)C)c1ccc(Br)cc1CBr. The Morgan fingerprint density at radius 3 is 2.39 bits per heavy atom. The Hall–Kier alpha value is -0.0600. The van der Waals surface area contributed by atoms with Crippen molar-refractivity contribution in [2.75, 3.05) is 38.6 Å². The summed E-state index contributed by atoms with van der Waals surface area (Å²) in [7, 11) is 4.24. The minimum atomic E-state index is 0.893. The first-order valence-corrected chi connectivity index (χ1v) is 8.24. The van der Waals surface area contributed by atoms with Crippen molar-refractivity contribution >= 4 is 37.5 Å². The Morgan fingerprint density at radius 2 is 1.83 bits per heavy atom. The highest BCUT2D eigenvalue weighted by Gasteiger charge is 2.10. The van der Waals surface area contributed by atoms with E-state index >= 15 is 0 Å². The van der Waals surface area contributed by atoms with Crippen LogP contribution in [0, 0.1) is 0 Å². The molecule has 0 amide bonds. The van der Waals surface area contributed by atoms with E-state index in [9.17, 15) is 0 Å². The minimum absolute atomic E-state index is 0.893. The van der Waals surface area contributed by atoms with Crippen LogP contribution in [0.5, 0.6) is 0 Å². The Kier molecular flexibility index (Phi) is 7.27. The molecular formula is C14H22Br2N2. The van der Waals surface area contributed by atoms with Gasteiger partial charge in [-0.2, -0.15) is 0 Å². The zero-order chi connectivity index (χ0) is 13.5. The second-order valence-electron chi connectivity index (χ2n) is 4.70. The van der Waals surface area contributed by atoms with Crippen LogP contribution in [0.4, 0.5) is 5.69 Å². The summed E-state index contributed by atoms with van der Waals surface area (Å²) >= 11 is 7.12. The van der Waals surface area contributed by atoms with Crippen LogP contribution in [0.2, 0.25) is 0 Å². The maximum Gasteiger partial charge on any atom is 0.0408 e. The molecule has 1 rings (SSSR count). The third kappa shape index (κ3) is 4.90. The summed E-state index contributed by atoms with van der Waals surface area (Å²) in [6.07, 6.45) is 1.17. The van der Waals surface area contributed by atoms with Gasteiger partial charge < -0.3 is 9.80 Å². The maximum absolute atomic E-state index is 3.58. The molecule has 0 N–H and O–H groups in total. The van der Waals surface area contributed by atoms with Gasteiger partial charge in [-0.1, -0.05) is 38.8 Å². The van der Waals surface area contributed by atoms with Crippen molar-refractivity contribution in [1.29, 1.82) is 0 Å². The van der Waals surface area contributed by atoms with Crippen LogP contribution in [0.25, 0.3) is 0 Å². The number of alkyl halides is 1. The van der Waals surface area contributed by atoms with Gasteiger partial charge in [-0.25, -0.2) is 0 Å². The molecule has 0 aromatic heterocycles. The van der Waals surface area contributed by atoms with Gasteiger partial charge in [0.25, 0.3) is 0 Å². The van der Waals surface area contributed by atoms with E-state index in [-0.39, 0.29) is 0 Å². The zero-order valence-electron chi connectivity index (χ0n) is 11.4. The monoisotopic (exact) mass is 376 g/mol. The molecule has 0 aliphatic heterocycles. The van der Waals surface area contributed by atoms with E-state index in [0.717, 1.165) is 29.4 Å². The van der Waals surface area contributed by atoms with Gasteiger partial charge in [-0.05, 0) is 44.3 Å². The van der Waals surface area contributed by atoms with E-state index in [0.29, 0.717) is 0 Å². The lowest BCUT2D eigenvalue weighted by molar-refractivity contribution is 0.413. The van der Waals surface area contributed by atoms with Crippen molar-refractivity contribution in [1.82, 2.24) is 4.90 Å². The Labute approximate surface area is 128 Å². The lowest BCUT2D eigenvalue weighted by atomic mass is 10.1. The van der Waals surface area contributed by atoms with Crippen LogP contribution in [-0.4, -0.2) is 38.6 Å². The molecule has 18 heavy (non-hydrogen) atoms. The van der Waals surface area contributed by atoms with E-state index in [1.54, 1.807) is 0 Å². The quantitative estimate of drug-likeness (QED) is 0.659. The van der Waals surface area contributed by atoms with E-state index in [4.69, 9.17) is 0 Å². The normalized spacial score (nSPS) is 11.0. The molecule has 4 heteroatoms. The molecule has 0 fully saturated rings. The average molecular weight is 378 g/mol. The summed E-state index contributed by atoms with van der Waals surface area (Å²) < 4.78 is 1.14. The highest BCUT2D eigenvalue weighted by molar-refractivity contribution is 9.10. The highest BCUT2D eigenvalue weighted by atomic mass is 79.9. The van der Waals surface area contributed by atoms with Crippen LogP contribution >= 0.6 is 31.9 Å². The van der Waals surface area contributed by atoms with Crippen LogP contribution in [0.1, 0.15) is 18.9 Å². The predicted molar refractivity (Wildman–Crippen MR) is 87.8 cm³/mol. The number of rotatable bonds is 7. The molecule has 0 bridgehead atoms. The predicted octanol–water partition coefficient (Wildman–Crippen LogP) is 4.12. The molecule has 0 heterocycles. The first-order chi connectivity index (χ1) is 8.58. The first kappa shape index (κ1) is 16.0. The second kappa shape index (κ2) is 8.18. The summed E-state index contributed by atoms with van der Waals surface area (Å²) in [4.78, 5) is 4.71. The first-order valence-electron chi connectivity index (χ1n) is 6.32. The molecule has 0 radical (unpaired) electrons. The van der Waals surface area contributed by atoms with Gasteiger partial charge in [-0.15, -0.1) is 0 Å². The second-order valence-corrected chi connectivity index (χ2v) is 6.17. The van der Waals surface area contributed by atoms with Crippen LogP contribution in [0.15, 0.2) is 22.7 Å². The van der Waals surface area contributed by atoms with Crippen molar-refractivity contribution in [2.45, 2.75) is 18.7 Å². The molecule has 1 aromatic carbocycles. The third-order valence-corrected chi connectivity index (χ3v) is 3.93. The summed E-state index contributed by atoms with van der Waals surface area (Å²) in [5, 5.41) is 0.893. The molecule has 102 valence electrons. The fourth-order valence-corrected chi connectivity index (χ4v) is 2.77. The van der Waals surface area contributed by atoms with E-state index < -0.39 is 0 Å². The van der Waals surface area contributed by atoms with Crippen molar-refractivity contribution in [3.63, 3.8) is 0 Å². The fourth-order valence-electron chi connectivity index (χ4n) is 1.91. The summed E-state index contributed by atoms with van der Waals surface area (Å²) in [6.45, 7) is 5.49. The highest BCUT2D eigenvalue weighted by Crippen LogP contribution is 2.26. The van der Waals surface area contributed by atoms with Crippen LogP contribution in [-0.2, 0) is 5.33 Å². The van der Waals surface area contributed by atoms with Gasteiger partial charge in [0.15, 0.2) is 0 Å². The topological polar surface area (TPSA) is 6.48 Å². The number of halogens is 2. The lowest BCUT2D eigenvalue weighted by Crippen LogP contribution is -2.32. The molecule has 0 atom stereocenters. The molecule has 0 saturated heterocycles. The van der Waals surface area contributed by atoms with Crippen LogP contribution in [0.3, 0.4) is 0 Å². The van der Waals surface area contributed by atoms with Gasteiger partial charge in [0.1, 0.15) is 0 Å². The van der Waals surface area contributed by atoms with Gasteiger partial charge in [-0.3, -0.25) is 0 Å². The van der Waals surface area contributed by atoms with Crippen molar-refractivity contribution in [3.8, 4) is 0 Å². The van der Waals surface area contributed by atoms with Crippen molar-refractivity contribution < 1.29 is 0 Å². The largest absolute Gasteiger partial charge is 0.370 e. The van der Waals surface area contributed by atoms with Crippen molar-refractivity contribution in [2.24, 2.45) is 0 Å².